The molecule has 2 heterocycles. The van der Waals surface area contributed by atoms with Gasteiger partial charge in [0.1, 0.15) is 6.33 Å². The third kappa shape index (κ3) is 6.63. The van der Waals surface area contributed by atoms with Crippen LogP contribution in [0.5, 0.6) is 0 Å². The number of hydrogen-bond acceptors (Lipinski definition) is 5. The van der Waals surface area contributed by atoms with Gasteiger partial charge in [0.05, 0.1) is 21.8 Å². The van der Waals surface area contributed by atoms with Crippen molar-refractivity contribution in [2.45, 2.75) is 43.6 Å². The van der Waals surface area contributed by atoms with Gasteiger partial charge in [-0.25, -0.2) is 28.1 Å². The number of imidazole rings is 1. The first-order valence-corrected chi connectivity index (χ1v) is 12.7. The van der Waals surface area contributed by atoms with Crippen molar-refractivity contribution in [1.82, 2.24) is 24.2 Å². The maximum absolute atomic E-state index is 13.6. The van der Waals surface area contributed by atoms with Gasteiger partial charge < -0.3 is 0 Å². The van der Waals surface area contributed by atoms with Crippen LogP contribution in [-0.2, 0) is 22.4 Å². The number of nitrogens with zero attached hydrogens (tertiary/aromatic N) is 4. The van der Waals surface area contributed by atoms with Crippen LogP contribution >= 0.6 is 0 Å². The molecule has 14 heteroatoms. The standard InChI is InChI=1S/C25H21F6N5O2S/c1-23(2,3)35-39(37,38)18-6-4-5-16(11-18)20-13-36(14-32-20)22-33-19(12-21(34-22)25(29,30)31)15-7-9-17(10-8-15)24(26,27)28/h4-14,35H,1-3H3. The molecule has 0 aliphatic carbocycles. The first kappa shape index (κ1) is 28.2. The van der Waals surface area contributed by atoms with E-state index in [9.17, 15) is 34.8 Å². The average molecular weight is 570 g/mol. The van der Waals surface area contributed by atoms with E-state index in [-0.39, 0.29) is 21.8 Å². The summed E-state index contributed by atoms with van der Waals surface area (Å²) < 4.78 is 109. The van der Waals surface area contributed by atoms with Gasteiger partial charge in [0, 0.05) is 22.9 Å². The summed E-state index contributed by atoms with van der Waals surface area (Å²) in [5.74, 6) is -0.434. The van der Waals surface area contributed by atoms with Crippen molar-refractivity contribution in [1.29, 1.82) is 0 Å². The lowest BCUT2D eigenvalue weighted by Gasteiger charge is -2.20. The maximum Gasteiger partial charge on any atom is 0.433 e. The van der Waals surface area contributed by atoms with Crippen LogP contribution in [0.1, 0.15) is 32.0 Å². The van der Waals surface area contributed by atoms with E-state index in [1.54, 1.807) is 26.8 Å². The van der Waals surface area contributed by atoms with Crippen molar-refractivity contribution in [3.05, 3.63) is 78.4 Å². The summed E-state index contributed by atoms with van der Waals surface area (Å²) in [6.45, 7) is 5.05. The molecule has 0 unspecified atom stereocenters. The SMILES string of the molecule is CC(C)(C)NS(=O)(=O)c1cccc(-c2cn(-c3nc(-c4ccc(C(F)(F)F)cc4)cc(C(F)(F)F)n3)cn2)c1. The Bertz CT molecular complexity index is 1610. The fourth-order valence-electron chi connectivity index (χ4n) is 3.54. The lowest BCUT2D eigenvalue weighted by Crippen LogP contribution is -2.40. The summed E-state index contributed by atoms with van der Waals surface area (Å²) >= 11 is 0. The zero-order valence-corrected chi connectivity index (χ0v) is 21.4. The zero-order valence-electron chi connectivity index (χ0n) is 20.6. The number of nitrogens with one attached hydrogen (secondary N) is 1. The Morgan fingerprint density at radius 2 is 1.46 bits per heavy atom. The van der Waals surface area contributed by atoms with Crippen molar-refractivity contribution in [2.24, 2.45) is 0 Å². The highest BCUT2D eigenvalue weighted by molar-refractivity contribution is 7.89. The summed E-state index contributed by atoms with van der Waals surface area (Å²) in [5, 5.41) is 0. The molecule has 39 heavy (non-hydrogen) atoms. The Balaban J connectivity index is 1.74. The molecule has 0 atom stereocenters. The molecule has 0 saturated carbocycles. The summed E-state index contributed by atoms with van der Waals surface area (Å²) in [6.07, 6.45) is -7.02. The van der Waals surface area contributed by atoms with E-state index in [2.05, 4.69) is 19.7 Å². The maximum atomic E-state index is 13.6. The lowest BCUT2D eigenvalue weighted by atomic mass is 10.1. The largest absolute Gasteiger partial charge is 0.433 e. The zero-order chi connectivity index (χ0) is 28.8. The van der Waals surface area contributed by atoms with Crippen LogP contribution in [0.2, 0.25) is 0 Å². The second kappa shape index (κ2) is 9.75. The fourth-order valence-corrected chi connectivity index (χ4v) is 5.00. The molecule has 2 aromatic carbocycles. The first-order valence-electron chi connectivity index (χ1n) is 11.3. The molecule has 0 amide bonds. The highest BCUT2D eigenvalue weighted by atomic mass is 32.2. The highest BCUT2D eigenvalue weighted by Crippen LogP contribution is 2.33. The number of halogens is 6. The van der Waals surface area contributed by atoms with E-state index in [0.29, 0.717) is 11.6 Å². The minimum atomic E-state index is -4.87. The Kier molecular flexibility index (Phi) is 7.06. The lowest BCUT2D eigenvalue weighted by molar-refractivity contribution is -0.141. The number of alkyl halides is 6. The average Bonchev–Trinajstić information content (AvgIpc) is 3.32. The van der Waals surface area contributed by atoms with Crippen LogP contribution in [0, 0.1) is 0 Å². The van der Waals surface area contributed by atoms with E-state index >= 15 is 0 Å². The van der Waals surface area contributed by atoms with Crippen molar-refractivity contribution >= 4 is 10.0 Å². The van der Waals surface area contributed by atoms with Gasteiger partial charge in [-0.05, 0) is 51.1 Å². The summed E-state index contributed by atoms with van der Waals surface area (Å²) in [6, 6.07) is 9.99. The normalized spacial score (nSPS) is 13.1. The quantitative estimate of drug-likeness (QED) is 0.293. The molecule has 0 aliphatic rings. The molecule has 0 spiro atoms. The van der Waals surface area contributed by atoms with E-state index < -0.39 is 45.1 Å². The Morgan fingerprint density at radius 3 is 2.05 bits per heavy atom. The van der Waals surface area contributed by atoms with E-state index in [0.717, 1.165) is 35.2 Å². The molecule has 4 rings (SSSR count). The van der Waals surface area contributed by atoms with Crippen molar-refractivity contribution in [3.8, 4) is 28.5 Å². The van der Waals surface area contributed by atoms with Crippen LogP contribution in [0.4, 0.5) is 26.3 Å². The molecule has 206 valence electrons. The topological polar surface area (TPSA) is 89.8 Å². The Morgan fingerprint density at radius 1 is 0.795 bits per heavy atom. The molecular formula is C25H21F6N5O2S. The molecule has 1 N–H and O–H groups in total. The molecule has 0 bridgehead atoms. The van der Waals surface area contributed by atoms with Gasteiger partial charge in [0.25, 0.3) is 0 Å². The first-order chi connectivity index (χ1) is 17.9. The summed E-state index contributed by atoms with van der Waals surface area (Å²) in [5.41, 5.74) is -2.65. The second-order valence-electron chi connectivity index (χ2n) is 9.56. The van der Waals surface area contributed by atoms with Gasteiger partial charge in [-0.15, -0.1) is 0 Å². The van der Waals surface area contributed by atoms with Crippen LogP contribution in [0.15, 0.2) is 72.0 Å². The summed E-state index contributed by atoms with van der Waals surface area (Å²) in [4.78, 5) is 11.8. The number of aromatic nitrogens is 4. The summed E-state index contributed by atoms with van der Waals surface area (Å²) in [7, 11) is -3.87. The number of sulfonamides is 1. The van der Waals surface area contributed by atoms with Crippen LogP contribution in [-0.4, -0.2) is 33.5 Å². The van der Waals surface area contributed by atoms with Crippen molar-refractivity contribution in [2.75, 3.05) is 0 Å². The fraction of sp³-hybridized carbons (Fsp3) is 0.240. The van der Waals surface area contributed by atoms with Gasteiger partial charge in [0.2, 0.25) is 16.0 Å². The van der Waals surface area contributed by atoms with Crippen LogP contribution in [0.25, 0.3) is 28.5 Å². The van der Waals surface area contributed by atoms with E-state index in [1.165, 1.54) is 24.4 Å². The van der Waals surface area contributed by atoms with Gasteiger partial charge in [-0.2, -0.15) is 26.3 Å². The monoisotopic (exact) mass is 569 g/mol. The number of benzene rings is 2. The smallest absolute Gasteiger partial charge is 0.274 e. The molecular weight excluding hydrogens is 548 g/mol. The molecule has 0 saturated heterocycles. The van der Waals surface area contributed by atoms with E-state index in [1.807, 2.05) is 0 Å². The molecule has 7 nitrogen and oxygen atoms in total. The van der Waals surface area contributed by atoms with Crippen LogP contribution in [0.3, 0.4) is 0 Å². The minimum Gasteiger partial charge on any atom is -0.274 e. The van der Waals surface area contributed by atoms with Crippen molar-refractivity contribution < 1.29 is 34.8 Å². The Hall–Kier alpha value is -3.78. The molecule has 2 aromatic heterocycles. The Labute approximate surface area is 219 Å². The van der Waals surface area contributed by atoms with Crippen LogP contribution < -0.4 is 4.72 Å². The predicted molar refractivity (Wildman–Crippen MR) is 130 cm³/mol. The van der Waals surface area contributed by atoms with Gasteiger partial charge in [-0.1, -0.05) is 24.3 Å². The molecule has 0 radical (unpaired) electrons. The van der Waals surface area contributed by atoms with Gasteiger partial charge in [-0.3, -0.25) is 4.57 Å². The molecule has 4 aromatic rings. The molecule has 0 aliphatic heterocycles. The third-order valence-electron chi connectivity index (χ3n) is 5.21. The highest BCUT2D eigenvalue weighted by Gasteiger charge is 2.34. The van der Waals surface area contributed by atoms with Gasteiger partial charge in [0.15, 0.2) is 5.69 Å². The number of rotatable bonds is 5. The van der Waals surface area contributed by atoms with Crippen molar-refractivity contribution in [3.63, 3.8) is 0 Å². The van der Waals surface area contributed by atoms with E-state index in [4.69, 9.17) is 0 Å². The predicted octanol–water partition coefficient (Wildman–Crippen LogP) is 6.11. The number of hydrogen-bond donors (Lipinski definition) is 1. The minimum absolute atomic E-state index is 0.0155. The second-order valence-corrected chi connectivity index (χ2v) is 11.2. The van der Waals surface area contributed by atoms with Gasteiger partial charge >= 0.3 is 12.4 Å². The molecule has 0 fully saturated rings. The third-order valence-corrected chi connectivity index (χ3v) is 6.96.